The van der Waals surface area contributed by atoms with Crippen molar-refractivity contribution in [2.24, 2.45) is 0 Å². The van der Waals surface area contributed by atoms with Crippen molar-refractivity contribution in [3.05, 3.63) is 40.5 Å². The number of carbonyl (C=O) groups is 1. The number of rotatable bonds is 2. The van der Waals surface area contributed by atoms with Gasteiger partial charge in [-0.2, -0.15) is 5.26 Å². The van der Waals surface area contributed by atoms with Gasteiger partial charge in [0.1, 0.15) is 6.07 Å². The Balaban J connectivity index is 3.59. The molecule has 0 aliphatic rings. The molecule has 0 saturated carbocycles. The van der Waals surface area contributed by atoms with E-state index in [1.165, 1.54) is 6.07 Å². The zero-order valence-corrected chi connectivity index (χ0v) is 9.30. The maximum absolute atomic E-state index is 13.3. The van der Waals surface area contributed by atoms with Gasteiger partial charge in [0.15, 0.2) is 34.6 Å². The summed E-state index contributed by atoms with van der Waals surface area (Å²) in [6.07, 6.45) is 0. The molecule has 0 aliphatic heterocycles. The van der Waals surface area contributed by atoms with Crippen molar-refractivity contribution in [2.45, 2.75) is 0 Å². The van der Waals surface area contributed by atoms with Gasteiger partial charge < -0.3 is 9.84 Å². The van der Waals surface area contributed by atoms with Gasteiger partial charge in [-0.1, -0.05) is 0 Å². The van der Waals surface area contributed by atoms with Crippen molar-refractivity contribution in [3.8, 4) is 6.07 Å². The fourth-order valence-electron chi connectivity index (χ4n) is 1.18. The smallest absolute Gasteiger partial charge is 0.352 e. The maximum atomic E-state index is 13.3. The molecule has 19 heavy (non-hydrogen) atoms. The van der Waals surface area contributed by atoms with Crippen LogP contribution in [0.4, 0.5) is 17.6 Å². The van der Waals surface area contributed by atoms with Crippen molar-refractivity contribution in [2.75, 3.05) is 7.11 Å². The van der Waals surface area contributed by atoms with E-state index in [0.717, 1.165) is 7.11 Å². The number of nitrogens with zero attached hydrogens (tertiary/aromatic N) is 1. The fraction of sp³-hybridized carbons (Fsp3) is 0.0909. The molecule has 4 nitrogen and oxygen atoms in total. The normalized spacial score (nSPS) is 11.6. The van der Waals surface area contributed by atoms with Crippen molar-refractivity contribution < 1.29 is 32.2 Å². The SMILES string of the molecule is COC(=O)C(C#N)=C(O)c1cc(F)c(F)c(F)c1F. The Morgan fingerprint density at radius 2 is 1.84 bits per heavy atom. The van der Waals surface area contributed by atoms with Crippen LogP contribution in [0.5, 0.6) is 0 Å². The number of hydrogen-bond acceptors (Lipinski definition) is 4. The molecule has 0 bridgehead atoms. The molecule has 0 atom stereocenters. The topological polar surface area (TPSA) is 70.3 Å². The Bertz CT molecular complexity index is 619. The number of ether oxygens (including phenoxy) is 1. The number of nitriles is 1. The highest BCUT2D eigenvalue weighted by atomic mass is 19.2. The zero-order chi connectivity index (χ0) is 14.7. The highest BCUT2D eigenvalue weighted by Crippen LogP contribution is 2.25. The second-order valence-electron chi connectivity index (χ2n) is 3.17. The summed E-state index contributed by atoms with van der Waals surface area (Å²) in [4.78, 5) is 11.1. The molecule has 100 valence electrons. The van der Waals surface area contributed by atoms with E-state index in [-0.39, 0.29) is 6.07 Å². The summed E-state index contributed by atoms with van der Waals surface area (Å²) in [6, 6.07) is 1.30. The molecule has 0 radical (unpaired) electrons. The first-order chi connectivity index (χ1) is 8.84. The third-order valence-corrected chi connectivity index (χ3v) is 2.10. The van der Waals surface area contributed by atoms with Gasteiger partial charge in [-0.25, -0.2) is 22.4 Å². The number of carbonyl (C=O) groups excluding carboxylic acids is 1. The highest BCUT2D eigenvalue weighted by Gasteiger charge is 2.25. The lowest BCUT2D eigenvalue weighted by Crippen LogP contribution is -2.08. The molecule has 0 unspecified atom stereocenters. The van der Waals surface area contributed by atoms with E-state index < -0.39 is 46.1 Å². The summed E-state index contributed by atoms with van der Waals surface area (Å²) in [5.41, 5.74) is -2.25. The molecule has 0 heterocycles. The molecule has 1 aromatic carbocycles. The minimum Gasteiger partial charge on any atom is -0.506 e. The molecular formula is C11H5F4NO3. The molecule has 0 fully saturated rings. The Hall–Kier alpha value is -2.56. The highest BCUT2D eigenvalue weighted by molar-refractivity contribution is 5.99. The molecular weight excluding hydrogens is 270 g/mol. The van der Waals surface area contributed by atoms with E-state index >= 15 is 0 Å². The van der Waals surface area contributed by atoms with Crippen LogP contribution in [0.25, 0.3) is 5.76 Å². The molecule has 1 rings (SSSR count). The van der Waals surface area contributed by atoms with Crippen LogP contribution in [0.3, 0.4) is 0 Å². The van der Waals surface area contributed by atoms with Gasteiger partial charge in [0.2, 0.25) is 0 Å². The summed E-state index contributed by atoms with van der Waals surface area (Å²) < 4.78 is 56.0. The van der Waals surface area contributed by atoms with Crippen molar-refractivity contribution in [1.82, 2.24) is 0 Å². The predicted octanol–water partition coefficient (Wildman–Crippen LogP) is 2.21. The largest absolute Gasteiger partial charge is 0.506 e. The maximum Gasteiger partial charge on any atom is 0.352 e. The number of halogens is 4. The zero-order valence-electron chi connectivity index (χ0n) is 9.30. The van der Waals surface area contributed by atoms with E-state index in [1.807, 2.05) is 0 Å². The summed E-state index contributed by atoms with van der Waals surface area (Å²) in [7, 11) is 0.870. The van der Waals surface area contributed by atoms with E-state index in [9.17, 15) is 27.5 Å². The molecule has 8 heteroatoms. The molecule has 0 aromatic heterocycles. The van der Waals surface area contributed by atoms with Gasteiger partial charge in [0, 0.05) is 0 Å². The van der Waals surface area contributed by atoms with Crippen molar-refractivity contribution in [3.63, 3.8) is 0 Å². The Kier molecular flexibility index (Phi) is 4.11. The third kappa shape index (κ3) is 2.49. The minimum atomic E-state index is -2.18. The predicted molar refractivity (Wildman–Crippen MR) is 53.5 cm³/mol. The van der Waals surface area contributed by atoms with Crippen LogP contribution in [0.15, 0.2) is 11.6 Å². The fourth-order valence-corrected chi connectivity index (χ4v) is 1.18. The van der Waals surface area contributed by atoms with Crippen molar-refractivity contribution >= 4 is 11.7 Å². The Morgan fingerprint density at radius 1 is 1.26 bits per heavy atom. The molecule has 1 aromatic rings. The molecule has 0 aliphatic carbocycles. The van der Waals surface area contributed by atoms with Crippen LogP contribution in [-0.4, -0.2) is 18.2 Å². The van der Waals surface area contributed by atoms with Gasteiger partial charge in [0.25, 0.3) is 0 Å². The van der Waals surface area contributed by atoms with Gasteiger partial charge >= 0.3 is 5.97 Å². The number of methoxy groups -OCH3 is 1. The van der Waals surface area contributed by atoms with E-state index in [0.29, 0.717) is 0 Å². The third-order valence-electron chi connectivity index (χ3n) is 2.10. The monoisotopic (exact) mass is 275 g/mol. The first kappa shape index (κ1) is 14.5. The van der Waals surface area contributed by atoms with Gasteiger partial charge in [-0.05, 0) is 6.07 Å². The molecule has 0 amide bonds. The van der Waals surface area contributed by atoms with Gasteiger partial charge in [-0.15, -0.1) is 0 Å². The lowest BCUT2D eigenvalue weighted by molar-refractivity contribution is -0.135. The van der Waals surface area contributed by atoms with Crippen LogP contribution in [0, 0.1) is 34.6 Å². The van der Waals surface area contributed by atoms with Crippen LogP contribution in [-0.2, 0) is 9.53 Å². The Morgan fingerprint density at radius 3 is 2.32 bits per heavy atom. The first-order valence-electron chi connectivity index (χ1n) is 4.60. The van der Waals surface area contributed by atoms with Gasteiger partial charge in [0.05, 0.1) is 12.7 Å². The summed E-state index contributed by atoms with van der Waals surface area (Å²) in [5, 5.41) is 18.1. The van der Waals surface area contributed by atoms with Crippen LogP contribution in [0.1, 0.15) is 5.56 Å². The molecule has 0 saturated heterocycles. The number of esters is 1. The number of hydrogen-bond donors (Lipinski definition) is 1. The molecule has 0 spiro atoms. The number of benzene rings is 1. The summed E-state index contributed by atoms with van der Waals surface area (Å²) in [6.45, 7) is 0. The quantitative estimate of drug-likeness (QED) is 0.171. The van der Waals surface area contributed by atoms with Crippen LogP contribution in [0.2, 0.25) is 0 Å². The Labute approximate surface area is 104 Å². The minimum absolute atomic E-state index is 0.114. The van der Waals surface area contributed by atoms with E-state index in [2.05, 4.69) is 4.74 Å². The first-order valence-corrected chi connectivity index (χ1v) is 4.60. The van der Waals surface area contributed by atoms with Crippen LogP contribution >= 0.6 is 0 Å². The number of aliphatic hydroxyl groups excluding tert-OH is 1. The average Bonchev–Trinajstić information content (AvgIpc) is 2.40. The number of aliphatic hydroxyl groups is 1. The second kappa shape index (κ2) is 5.39. The lowest BCUT2D eigenvalue weighted by Gasteiger charge is -2.06. The standard InChI is InChI=1S/C11H5F4NO3/c1-19-11(18)5(3-16)10(17)4-2-6(12)8(14)9(15)7(4)13/h2,17H,1H3. The summed E-state index contributed by atoms with van der Waals surface area (Å²) in [5.74, 6) is -10.7. The van der Waals surface area contributed by atoms with E-state index in [1.54, 1.807) is 0 Å². The van der Waals surface area contributed by atoms with Crippen molar-refractivity contribution in [1.29, 1.82) is 5.26 Å². The van der Waals surface area contributed by atoms with Gasteiger partial charge in [-0.3, -0.25) is 0 Å². The summed E-state index contributed by atoms with van der Waals surface area (Å²) >= 11 is 0. The van der Waals surface area contributed by atoms with Crippen LogP contribution < -0.4 is 0 Å². The van der Waals surface area contributed by atoms with E-state index in [4.69, 9.17) is 5.26 Å². The molecule has 1 N–H and O–H groups in total. The average molecular weight is 275 g/mol. The lowest BCUT2D eigenvalue weighted by atomic mass is 10.1. The second-order valence-corrected chi connectivity index (χ2v) is 3.17.